The van der Waals surface area contributed by atoms with Gasteiger partial charge in [-0.1, -0.05) is 0 Å². The number of thiazole rings is 2. The molecule has 3 nitrogen and oxygen atoms in total. The summed E-state index contributed by atoms with van der Waals surface area (Å²) in [5.74, 6) is 0. The Morgan fingerprint density at radius 3 is 2.47 bits per heavy atom. The van der Waals surface area contributed by atoms with E-state index < -0.39 is 0 Å². The molecule has 0 unspecified atom stereocenters. The summed E-state index contributed by atoms with van der Waals surface area (Å²) in [6.45, 7) is 8.05. The average molecular weight is 267 g/mol. The van der Waals surface area contributed by atoms with Crippen LogP contribution in [0.5, 0.6) is 0 Å². The summed E-state index contributed by atoms with van der Waals surface area (Å²) >= 11 is 3.52. The van der Waals surface area contributed by atoms with Crippen molar-refractivity contribution in [2.24, 2.45) is 0 Å². The SMILES string of the molecule is Cc1csc(CN(C)Cc2sc(C)nc2C)n1. The third kappa shape index (κ3) is 3.34. The van der Waals surface area contributed by atoms with E-state index in [9.17, 15) is 0 Å². The second kappa shape index (κ2) is 5.25. The van der Waals surface area contributed by atoms with Crippen molar-refractivity contribution in [3.05, 3.63) is 31.7 Å². The van der Waals surface area contributed by atoms with Crippen LogP contribution in [0.3, 0.4) is 0 Å². The Labute approximate surface area is 110 Å². The Kier molecular flexibility index (Phi) is 3.91. The van der Waals surface area contributed by atoms with E-state index in [1.54, 1.807) is 22.7 Å². The van der Waals surface area contributed by atoms with Crippen molar-refractivity contribution < 1.29 is 0 Å². The van der Waals surface area contributed by atoms with Gasteiger partial charge in [-0.3, -0.25) is 4.90 Å². The lowest BCUT2D eigenvalue weighted by molar-refractivity contribution is 0.320. The van der Waals surface area contributed by atoms with Gasteiger partial charge in [0.2, 0.25) is 0 Å². The molecule has 0 fully saturated rings. The molecule has 2 aromatic rings. The Bertz CT molecular complexity index is 502. The topological polar surface area (TPSA) is 29.0 Å². The summed E-state index contributed by atoms with van der Waals surface area (Å²) in [6, 6.07) is 0. The van der Waals surface area contributed by atoms with Gasteiger partial charge < -0.3 is 0 Å². The minimum atomic E-state index is 0.912. The molecule has 0 aliphatic rings. The Morgan fingerprint density at radius 1 is 1.18 bits per heavy atom. The van der Waals surface area contributed by atoms with Gasteiger partial charge in [-0.2, -0.15) is 0 Å². The van der Waals surface area contributed by atoms with Crippen LogP contribution >= 0.6 is 22.7 Å². The standard InChI is InChI=1S/C12H17N3S2/c1-8-7-16-12(13-8)6-15(4)5-11-9(2)14-10(3)17-11/h7H,5-6H2,1-4H3. The van der Waals surface area contributed by atoms with Gasteiger partial charge in [0.15, 0.2) is 0 Å². The van der Waals surface area contributed by atoms with Crippen molar-refractivity contribution in [3.8, 4) is 0 Å². The zero-order valence-electron chi connectivity index (χ0n) is 10.6. The largest absolute Gasteiger partial charge is 0.295 e. The third-order valence-corrected chi connectivity index (χ3v) is 4.49. The highest BCUT2D eigenvalue weighted by molar-refractivity contribution is 7.11. The fourth-order valence-electron chi connectivity index (χ4n) is 1.73. The van der Waals surface area contributed by atoms with Gasteiger partial charge in [-0.25, -0.2) is 9.97 Å². The lowest BCUT2D eigenvalue weighted by atomic mass is 10.3. The molecule has 0 bridgehead atoms. The van der Waals surface area contributed by atoms with Crippen LogP contribution in [-0.4, -0.2) is 21.9 Å². The molecule has 0 saturated heterocycles. The van der Waals surface area contributed by atoms with Crippen molar-refractivity contribution in [2.75, 3.05) is 7.05 Å². The minimum Gasteiger partial charge on any atom is -0.295 e. The van der Waals surface area contributed by atoms with E-state index >= 15 is 0 Å². The molecule has 0 spiro atoms. The zero-order chi connectivity index (χ0) is 12.4. The first-order valence-corrected chi connectivity index (χ1v) is 7.26. The fraction of sp³-hybridized carbons (Fsp3) is 0.500. The molecule has 92 valence electrons. The van der Waals surface area contributed by atoms with E-state index in [-0.39, 0.29) is 0 Å². The maximum absolute atomic E-state index is 4.48. The van der Waals surface area contributed by atoms with E-state index in [2.05, 4.69) is 41.1 Å². The molecule has 2 rings (SSSR count). The van der Waals surface area contributed by atoms with Gasteiger partial charge in [0.25, 0.3) is 0 Å². The molecular weight excluding hydrogens is 250 g/mol. The lowest BCUT2D eigenvalue weighted by Gasteiger charge is -2.13. The molecule has 0 N–H and O–H groups in total. The van der Waals surface area contributed by atoms with Crippen molar-refractivity contribution in [3.63, 3.8) is 0 Å². The second-order valence-electron chi connectivity index (χ2n) is 4.30. The van der Waals surface area contributed by atoms with Crippen molar-refractivity contribution in [2.45, 2.75) is 33.9 Å². The summed E-state index contributed by atoms with van der Waals surface area (Å²) < 4.78 is 0. The summed E-state index contributed by atoms with van der Waals surface area (Å²) in [6.07, 6.45) is 0. The van der Waals surface area contributed by atoms with E-state index in [4.69, 9.17) is 0 Å². The zero-order valence-corrected chi connectivity index (χ0v) is 12.3. The quantitative estimate of drug-likeness (QED) is 0.852. The van der Waals surface area contributed by atoms with Gasteiger partial charge >= 0.3 is 0 Å². The van der Waals surface area contributed by atoms with Gasteiger partial charge in [0, 0.05) is 22.5 Å². The molecule has 0 atom stereocenters. The molecule has 5 heteroatoms. The van der Waals surface area contributed by atoms with Crippen molar-refractivity contribution in [1.29, 1.82) is 0 Å². The van der Waals surface area contributed by atoms with Gasteiger partial charge in [-0.05, 0) is 27.8 Å². The number of hydrogen-bond donors (Lipinski definition) is 0. The maximum Gasteiger partial charge on any atom is 0.107 e. The molecule has 0 saturated carbocycles. The second-order valence-corrected chi connectivity index (χ2v) is 6.53. The van der Waals surface area contributed by atoms with Crippen LogP contribution in [0.25, 0.3) is 0 Å². The smallest absolute Gasteiger partial charge is 0.107 e. The molecule has 0 aliphatic carbocycles. The number of aryl methyl sites for hydroxylation is 3. The third-order valence-electron chi connectivity index (χ3n) is 2.48. The lowest BCUT2D eigenvalue weighted by Crippen LogP contribution is -2.16. The Hall–Kier alpha value is -0.780. The van der Waals surface area contributed by atoms with Crippen LogP contribution in [0.15, 0.2) is 5.38 Å². The van der Waals surface area contributed by atoms with Crippen LogP contribution in [0, 0.1) is 20.8 Å². The Balaban J connectivity index is 1.97. The monoisotopic (exact) mass is 267 g/mol. The van der Waals surface area contributed by atoms with Gasteiger partial charge in [-0.15, -0.1) is 22.7 Å². The normalized spacial score (nSPS) is 11.4. The van der Waals surface area contributed by atoms with Crippen LogP contribution in [0.1, 0.15) is 26.3 Å². The van der Waals surface area contributed by atoms with Gasteiger partial charge in [0.1, 0.15) is 5.01 Å². The van der Waals surface area contributed by atoms with Crippen LogP contribution in [-0.2, 0) is 13.1 Å². The molecule has 0 aromatic carbocycles. The fourth-order valence-corrected chi connectivity index (χ4v) is 3.60. The molecule has 2 aromatic heterocycles. The summed E-state index contributed by atoms with van der Waals surface area (Å²) in [5, 5.41) is 4.44. The highest BCUT2D eigenvalue weighted by Gasteiger charge is 2.09. The van der Waals surface area contributed by atoms with Gasteiger partial charge in [0.05, 0.1) is 17.2 Å². The van der Waals surface area contributed by atoms with E-state index in [1.165, 1.54) is 9.88 Å². The summed E-state index contributed by atoms with van der Waals surface area (Å²) in [5.41, 5.74) is 2.28. The number of rotatable bonds is 4. The summed E-state index contributed by atoms with van der Waals surface area (Å²) in [7, 11) is 2.13. The van der Waals surface area contributed by atoms with Crippen LogP contribution in [0.4, 0.5) is 0 Å². The van der Waals surface area contributed by atoms with E-state index in [0.717, 1.165) is 29.5 Å². The molecule has 0 radical (unpaired) electrons. The number of nitrogens with zero attached hydrogens (tertiary/aromatic N) is 3. The Morgan fingerprint density at radius 2 is 1.94 bits per heavy atom. The highest BCUT2D eigenvalue weighted by Crippen LogP contribution is 2.20. The number of hydrogen-bond acceptors (Lipinski definition) is 5. The van der Waals surface area contributed by atoms with Crippen molar-refractivity contribution in [1.82, 2.24) is 14.9 Å². The maximum atomic E-state index is 4.48. The van der Waals surface area contributed by atoms with Crippen LogP contribution in [0.2, 0.25) is 0 Å². The van der Waals surface area contributed by atoms with E-state index in [1.807, 2.05) is 6.92 Å². The molecule has 17 heavy (non-hydrogen) atoms. The molecule has 2 heterocycles. The minimum absolute atomic E-state index is 0.912. The van der Waals surface area contributed by atoms with E-state index in [0.29, 0.717) is 0 Å². The number of aromatic nitrogens is 2. The molecule has 0 amide bonds. The van der Waals surface area contributed by atoms with Crippen molar-refractivity contribution >= 4 is 22.7 Å². The predicted molar refractivity (Wildman–Crippen MR) is 73.6 cm³/mol. The summed E-state index contributed by atoms with van der Waals surface area (Å²) in [4.78, 5) is 12.6. The predicted octanol–water partition coefficient (Wildman–Crippen LogP) is 3.16. The molecular formula is C12H17N3S2. The highest BCUT2D eigenvalue weighted by atomic mass is 32.1. The first kappa shape index (κ1) is 12.7. The first-order chi connectivity index (χ1) is 8.04. The molecule has 0 aliphatic heterocycles. The van der Waals surface area contributed by atoms with Crippen LogP contribution < -0.4 is 0 Å². The first-order valence-electron chi connectivity index (χ1n) is 5.57. The average Bonchev–Trinajstić information content (AvgIpc) is 2.74.